The molecule has 34 heavy (non-hydrogen) atoms. The standard InChI is InChI=1S/C26H33N7O/c27-15-19-1-3-21(4-2-19)25-26(22-5-6-23(30-16-22)33-13-11-29-12-14-33)32-24(17-31-25)34-18-20-7-9-28-10-8-20/h1-6,16-17,20,28-29H,7-15,18,27H2. The van der Waals surface area contributed by atoms with Crippen molar-refractivity contribution < 1.29 is 4.74 Å². The maximum atomic E-state index is 6.10. The van der Waals surface area contributed by atoms with Crippen molar-refractivity contribution in [3.63, 3.8) is 0 Å². The number of piperidine rings is 1. The van der Waals surface area contributed by atoms with Crippen molar-refractivity contribution in [3.8, 4) is 28.4 Å². The van der Waals surface area contributed by atoms with Gasteiger partial charge in [0.05, 0.1) is 18.5 Å². The van der Waals surface area contributed by atoms with Crippen molar-refractivity contribution in [1.82, 2.24) is 25.6 Å². The molecule has 8 nitrogen and oxygen atoms in total. The van der Waals surface area contributed by atoms with Crippen LogP contribution >= 0.6 is 0 Å². The largest absolute Gasteiger partial charge is 0.476 e. The van der Waals surface area contributed by atoms with Gasteiger partial charge in [-0.15, -0.1) is 0 Å². The normalized spacial score (nSPS) is 17.0. The highest BCUT2D eigenvalue weighted by molar-refractivity contribution is 5.78. The van der Waals surface area contributed by atoms with Crippen LogP contribution in [-0.2, 0) is 6.54 Å². The first-order chi connectivity index (χ1) is 16.8. The fourth-order valence-electron chi connectivity index (χ4n) is 4.51. The number of rotatable bonds is 7. The fraction of sp³-hybridized carbons (Fsp3) is 0.423. The van der Waals surface area contributed by atoms with Gasteiger partial charge < -0.3 is 26.0 Å². The van der Waals surface area contributed by atoms with E-state index in [-0.39, 0.29) is 0 Å². The SMILES string of the molecule is NCc1ccc(-c2ncc(OCC3CCNCC3)nc2-c2ccc(N3CCNCC3)nc2)cc1. The lowest BCUT2D eigenvalue weighted by molar-refractivity contribution is 0.208. The number of benzene rings is 1. The number of hydrogen-bond donors (Lipinski definition) is 3. The molecule has 0 amide bonds. The van der Waals surface area contributed by atoms with E-state index in [1.807, 2.05) is 30.5 Å². The highest BCUT2D eigenvalue weighted by Gasteiger charge is 2.18. The summed E-state index contributed by atoms with van der Waals surface area (Å²) in [6, 6.07) is 12.3. The van der Waals surface area contributed by atoms with E-state index in [0.29, 0.717) is 24.9 Å². The first kappa shape index (κ1) is 22.7. The van der Waals surface area contributed by atoms with Crippen LogP contribution in [0.4, 0.5) is 5.82 Å². The zero-order valence-corrected chi connectivity index (χ0v) is 19.5. The summed E-state index contributed by atoms with van der Waals surface area (Å²) < 4.78 is 6.10. The number of piperazine rings is 1. The van der Waals surface area contributed by atoms with Crippen LogP contribution in [0.15, 0.2) is 48.8 Å². The molecular formula is C26H33N7O. The van der Waals surface area contributed by atoms with Crippen LogP contribution in [0.2, 0.25) is 0 Å². The monoisotopic (exact) mass is 459 g/mol. The minimum Gasteiger partial charge on any atom is -0.476 e. The van der Waals surface area contributed by atoms with E-state index in [0.717, 1.165) is 86.0 Å². The third kappa shape index (κ3) is 5.35. The lowest BCUT2D eigenvalue weighted by Gasteiger charge is -2.28. The minimum atomic E-state index is 0.514. The Morgan fingerprint density at radius 1 is 0.853 bits per heavy atom. The minimum absolute atomic E-state index is 0.514. The quantitative estimate of drug-likeness (QED) is 0.495. The van der Waals surface area contributed by atoms with Gasteiger partial charge in [-0.3, -0.25) is 0 Å². The Bertz CT molecular complexity index is 1060. The molecule has 5 rings (SSSR count). The predicted octanol–water partition coefficient (Wildman–Crippen LogP) is 2.45. The average Bonchev–Trinajstić information content (AvgIpc) is 2.93. The van der Waals surface area contributed by atoms with E-state index >= 15 is 0 Å². The molecule has 0 saturated carbocycles. The van der Waals surface area contributed by atoms with Gasteiger partial charge in [-0.2, -0.15) is 0 Å². The highest BCUT2D eigenvalue weighted by atomic mass is 16.5. The summed E-state index contributed by atoms with van der Waals surface area (Å²) in [6.45, 7) is 7.17. The van der Waals surface area contributed by atoms with Gasteiger partial charge in [0, 0.05) is 50.0 Å². The van der Waals surface area contributed by atoms with Gasteiger partial charge in [0.25, 0.3) is 0 Å². The fourth-order valence-corrected chi connectivity index (χ4v) is 4.51. The molecule has 0 unspecified atom stereocenters. The van der Waals surface area contributed by atoms with Gasteiger partial charge >= 0.3 is 0 Å². The van der Waals surface area contributed by atoms with E-state index in [4.69, 9.17) is 25.4 Å². The molecule has 0 aliphatic carbocycles. The zero-order chi connectivity index (χ0) is 23.2. The molecule has 2 saturated heterocycles. The summed E-state index contributed by atoms with van der Waals surface area (Å²) in [4.78, 5) is 16.7. The lowest BCUT2D eigenvalue weighted by Crippen LogP contribution is -2.43. The van der Waals surface area contributed by atoms with Gasteiger partial charge in [0.1, 0.15) is 11.5 Å². The van der Waals surface area contributed by atoms with Crippen LogP contribution in [0.1, 0.15) is 18.4 Å². The van der Waals surface area contributed by atoms with E-state index < -0.39 is 0 Å². The molecule has 2 aliphatic heterocycles. The van der Waals surface area contributed by atoms with Gasteiger partial charge in [0.2, 0.25) is 5.88 Å². The Balaban J connectivity index is 1.43. The maximum absolute atomic E-state index is 6.10. The zero-order valence-electron chi connectivity index (χ0n) is 19.5. The summed E-state index contributed by atoms with van der Waals surface area (Å²) in [5, 5.41) is 6.78. The molecule has 0 radical (unpaired) electrons. The molecule has 4 N–H and O–H groups in total. The Labute approximate surface area is 201 Å². The van der Waals surface area contributed by atoms with E-state index in [2.05, 4.69) is 27.7 Å². The molecule has 0 spiro atoms. The first-order valence-corrected chi connectivity index (χ1v) is 12.2. The second kappa shape index (κ2) is 10.9. The molecule has 2 aromatic heterocycles. The average molecular weight is 460 g/mol. The number of nitrogens with two attached hydrogens (primary N) is 1. The third-order valence-corrected chi connectivity index (χ3v) is 6.60. The Hall–Kier alpha value is -3.07. The van der Waals surface area contributed by atoms with Gasteiger partial charge in [-0.1, -0.05) is 24.3 Å². The molecule has 2 aliphatic rings. The van der Waals surface area contributed by atoms with E-state index in [9.17, 15) is 0 Å². The van der Waals surface area contributed by atoms with Crippen LogP contribution in [0.25, 0.3) is 22.5 Å². The van der Waals surface area contributed by atoms with Crippen molar-refractivity contribution in [2.75, 3.05) is 50.8 Å². The molecule has 2 fully saturated rings. The smallest absolute Gasteiger partial charge is 0.232 e. The van der Waals surface area contributed by atoms with Crippen LogP contribution in [0.5, 0.6) is 5.88 Å². The number of nitrogens with one attached hydrogen (secondary N) is 2. The van der Waals surface area contributed by atoms with Crippen LogP contribution in [0.3, 0.4) is 0 Å². The maximum Gasteiger partial charge on any atom is 0.232 e. The second-order valence-corrected chi connectivity index (χ2v) is 8.95. The molecule has 4 heterocycles. The Kier molecular flexibility index (Phi) is 7.28. The highest BCUT2D eigenvalue weighted by Crippen LogP contribution is 2.31. The molecule has 178 valence electrons. The van der Waals surface area contributed by atoms with Crippen LogP contribution in [0, 0.1) is 5.92 Å². The number of hydrogen-bond acceptors (Lipinski definition) is 8. The van der Waals surface area contributed by atoms with Gasteiger partial charge in [-0.05, 0) is 49.5 Å². The van der Waals surface area contributed by atoms with Crippen LogP contribution < -0.4 is 26.0 Å². The van der Waals surface area contributed by atoms with Crippen molar-refractivity contribution >= 4 is 5.82 Å². The molecule has 3 aromatic rings. The Morgan fingerprint density at radius 3 is 2.29 bits per heavy atom. The topological polar surface area (TPSA) is 101 Å². The van der Waals surface area contributed by atoms with Gasteiger partial charge in [0.15, 0.2) is 0 Å². The first-order valence-electron chi connectivity index (χ1n) is 12.2. The number of nitrogens with zero attached hydrogens (tertiary/aromatic N) is 4. The summed E-state index contributed by atoms with van der Waals surface area (Å²) >= 11 is 0. The molecule has 1 aromatic carbocycles. The van der Waals surface area contributed by atoms with E-state index in [1.165, 1.54) is 0 Å². The predicted molar refractivity (Wildman–Crippen MR) is 135 cm³/mol. The Morgan fingerprint density at radius 2 is 1.59 bits per heavy atom. The summed E-state index contributed by atoms with van der Waals surface area (Å²) in [5.41, 5.74) is 10.4. The summed E-state index contributed by atoms with van der Waals surface area (Å²) in [7, 11) is 0. The van der Waals surface area contributed by atoms with Crippen LogP contribution in [-0.4, -0.2) is 60.8 Å². The lowest BCUT2D eigenvalue weighted by atomic mass is 9.99. The van der Waals surface area contributed by atoms with Crippen molar-refractivity contribution in [1.29, 1.82) is 0 Å². The number of ether oxygens (including phenoxy) is 1. The third-order valence-electron chi connectivity index (χ3n) is 6.60. The van der Waals surface area contributed by atoms with Gasteiger partial charge in [-0.25, -0.2) is 15.0 Å². The molecule has 0 bridgehead atoms. The van der Waals surface area contributed by atoms with E-state index in [1.54, 1.807) is 6.20 Å². The second-order valence-electron chi connectivity index (χ2n) is 8.95. The summed E-state index contributed by atoms with van der Waals surface area (Å²) in [5.74, 6) is 2.10. The molecule has 8 heteroatoms. The number of anilines is 1. The van der Waals surface area contributed by atoms with Crippen molar-refractivity contribution in [2.24, 2.45) is 11.7 Å². The molecule has 0 atom stereocenters. The number of pyridine rings is 1. The van der Waals surface area contributed by atoms with Crippen molar-refractivity contribution in [2.45, 2.75) is 19.4 Å². The molecular weight excluding hydrogens is 426 g/mol. The summed E-state index contributed by atoms with van der Waals surface area (Å²) in [6.07, 6.45) is 5.89. The number of aromatic nitrogens is 3. The van der Waals surface area contributed by atoms with Crippen molar-refractivity contribution in [3.05, 3.63) is 54.4 Å².